The predicted octanol–water partition coefficient (Wildman–Crippen LogP) is 1.67. The summed E-state index contributed by atoms with van der Waals surface area (Å²) in [5.41, 5.74) is 0.954. The van der Waals surface area contributed by atoms with E-state index in [1.54, 1.807) is 29.2 Å². The number of pyridine rings is 1. The molecular weight excluding hydrogens is 346 g/mol. The first kappa shape index (κ1) is 19.0. The molecular formula is C19H25N5O3. The Bertz CT molecular complexity index is 790. The normalized spacial score (nSPS) is 17.0. The molecule has 144 valence electrons. The van der Waals surface area contributed by atoms with Crippen LogP contribution < -0.4 is 0 Å². The van der Waals surface area contributed by atoms with Gasteiger partial charge >= 0.3 is 0 Å². The molecule has 1 aliphatic heterocycles. The van der Waals surface area contributed by atoms with Crippen LogP contribution in [-0.2, 0) is 29.1 Å². The van der Waals surface area contributed by atoms with Crippen molar-refractivity contribution in [1.82, 2.24) is 24.9 Å². The van der Waals surface area contributed by atoms with Crippen molar-refractivity contribution in [2.45, 2.75) is 39.8 Å². The first-order chi connectivity index (χ1) is 12.9. The highest BCUT2D eigenvalue weighted by molar-refractivity contribution is 5.89. The van der Waals surface area contributed by atoms with Gasteiger partial charge in [-0.25, -0.2) is 0 Å². The molecule has 1 fully saturated rings. The summed E-state index contributed by atoms with van der Waals surface area (Å²) in [7, 11) is 1.70. The molecule has 2 amide bonds. The third-order valence-corrected chi connectivity index (χ3v) is 4.51. The van der Waals surface area contributed by atoms with Gasteiger partial charge in [0.05, 0.1) is 12.5 Å². The maximum Gasteiger partial charge on any atom is 0.246 e. The smallest absolute Gasteiger partial charge is 0.246 e. The Labute approximate surface area is 158 Å². The van der Waals surface area contributed by atoms with Crippen LogP contribution in [-0.4, -0.2) is 50.3 Å². The molecule has 0 spiro atoms. The lowest BCUT2D eigenvalue weighted by molar-refractivity contribution is -0.135. The largest absolute Gasteiger partial charge is 0.337 e. The van der Waals surface area contributed by atoms with Crippen LogP contribution in [0.5, 0.6) is 0 Å². The molecule has 1 aliphatic rings. The molecule has 0 aliphatic carbocycles. The fourth-order valence-corrected chi connectivity index (χ4v) is 3.20. The van der Waals surface area contributed by atoms with Gasteiger partial charge in [-0.1, -0.05) is 25.1 Å². The van der Waals surface area contributed by atoms with Crippen molar-refractivity contribution >= 4 is 11.8 Å². The highest BCUT2D eigenvalue weighted by Gasteiger charge is 2.36. The van der Waals surface area contributed by atoms with Gasteiger partial charge in [0.2, 0.25) is 17.7 Å². The lowest BCUT2D eigenvalue weighted by Crippen LogP contribution is -2.34. The van der Waals surface area contributed by atoms with E-state index in [-0.39, 0.29) is 30.7 Å². The van der Waals surface area contributed by atoms with Gasteiger partial charge < -0.3 is 14.3 Å². The molecule has 8 nitrogen and oxygen atoms in total. The summed E-state index contributed by atoms with van der Waals surface area (Å²) in [4.78, 5) is 36.7. The number of hydrogen-bond donors (Lipinski definition) is 0. The average molecular weight is 371 g/mol. The Morgan fingerprint density at radius 3 is 2.96 bits per heavy atom. The number of rotatable bonds is 7. The van der Waals surface area contributed by atoms with Gasteiger partial charge in [0.1, 0.15) is 0 Å². The molecule has 0 aromatic carbocycles. The van der Waals surface area contributed by atoms with Crippen molar-refractivity contribution in [2.24, 2.45) is 11.8 Å². The zero-order valence-corrected chi connectivity index (χ0v) is 16.0. The molecule has 2 aromatic rings. The summed E-state index contributed by atoms with van der Waals surface area (Å²) in [6.07, 6.45) is 4.40. The van der Waals surface area contributed by atoms with Crippen molar-refractivity contribution in [3.8, 4) is 0 Å². The van der Waals surface area contributed by atoms with Gasteiger partial charge in [0, 0.05) is 45.4 Å². The molecule has 1 saturated heterocycles. The first-order valence-corrected chi connectivity index (χ1v) is 9.15. The first-order valence-electron chi connectivity index (χ1n) is 9.15. The minimum atomic E-state index is -0.350. The molecule has 0 unspecified atom stereocenters. The van der Waals surface area contributed by atoms with Gasteiger partial charge in [-0.15, -0.1) is 0 Å². The van der Waals surface area contributed by atoms with E-state index in [0.717, 1.165) is 12.0 Å². The van der Waals surface area contributed by atoms with Crippen molar-refractivity contribution in [2.75, 3.05) is 13.6 Å². The molecule has 0 N–H and O–H groups in total. The van der Waals surface area contributed by atoms with E-state index in [1.807, 2.05) is 12.1 Å². The number of hydrogen-bond acceptors (Lipinski definition) is 6. The lowest BCUT2D eigenvalue weighted by atomic mass is 10.1. The summed E-state index contributed by atoms with van der Waals surface area (Å²) in [5, 5.41) is 3.94. The summed E-state index contributed by atoms with van der Waals surface area (Å²) in [6, 6.07) is 3.76. The number of carbonyl (C=O) groups is 2. The SMILES string of the molecule is CC(C)Cc1noc(CN(C)C(=O)[C@H]2CC(=O)N(Cc3cccnc3)C2)n1. The van der Waals surface area contributed by atoms with E-state index in [9.17, 15) is 9.59 Å². The topological polar surface area (TPSA) is 92.4 Å². The molecule has 2 aromatic heterocycles. The van der Waals surface area contributed by atoms with Crippen LogP contribution in [0, 0.1) is 11.8 Å². The van der Waals surface area contributed by atoms with Crippen molar-refractivity contribution in [3.05, 3.63) is 41.8 Å². The second-order valence-corrected chi connectivity index (χ2v) is 7.43. The van der Waals surface area contributed by atoms with Crippen LogP contribution >= 0.6 is 0 Å². The summed E-state index contributed by atoms with van der Waals surface area (Å²) in [6.45, 7) is 5.30. The van der Waals surface area contributed by atoms with Crippen molar-refractivity contribution < 1.29 is 14.1 Å². The van der Waals surface area contributed by atoms with Gasteiger partial charge in [-0.05, 0) is 17.5 Å². The van der Waals surface area contributed by atoms with Crippen molar-refractivity contribution in [1.29, 1.82) is 0 Å². The maximum absolute atomic E-state index is 12.7. The molecule has 0 bridgehead atoms. The number of aromatic nitrogens is 3. The molecule has 3 rings (SSSR count). The third kappa shape index (κ3) is 4.90. The van der Waals surface area contributed by atoms with Crippen LogP contribution in [0.2, 0.25) is 0 Å². The van der Waals surface area contributed by atoms with Gasteiger partial charge in [0.15, 0.2) is 5.82 Å². The Kier molecular flexibility index (Phi) is 5.83. The lowest BCUT2D eigenvalue weighted by Gasteiger charge is -2.20. The maximum atomic E-state index is 12.7. The zero-order valence-electron chi connectivity index (χ0n) is 16.0. The molecule has 8 heteroatoms. The molecule has 0 radical (unpaired) electrons. The monoisotopic (exact) mass is 371 g/mol. The number of nitrogens with zero attached hydrogens (tertiary/aromatic N) is 5. The Hall–Kier alpha value is -2.77. The molecule has 27 heavy (non-hydrogen) atoms. The van der Waals surface area contributed by atoms with Gasteiger partial charge in [0.25, 0.3) is 0 Å². The summed E-state index contributed by atoms with van der Waals surface area (Å²) in [5.74, 6) is 1.06. The Balaban J connectivity index is 1.55. The van der Waals surface area contributed by atoms with Crippen LogP contribution in [0.1, 0.15) is 37.5 Å². The highest BCUT2D eigenvalue weighted by Crippen LogP contribution is 2.22. The van der Waals surface area contributed by atoms with E-state index in [0.29, 0.717) is 30.7 Å². The number of amides is 2. The van der Waals surface area contributed by atoms with E-state index in [1.165, 1.54) is 0 Å². The van der Waals surface area contributed by atoms with E-state index in [2.05, 4.69) is 29.0 Å². The Morgan fingerprint density at radius 1 is 1.44 bits per heavy atom. The quantitative estimate of drug-likeness (QED) is 0.735. The second-order valence-electron chi connectivity index (χ2n) is 7.43. The van der Waals surface area contributed by atoms with E-state index < -0.39 is 0 Å². The number of carbonyl (C=O) groups excluding carboxylic acids is 2. The van der Waals surface area contributed by atoms with Crippen LogP contribution in [0.3, 0.4) is 0 Å². The summed E-state index contributed by atoms with van der Waals surface area (Å²) >= 11 is 0. The van der Waals surface area contributed by atoms with Crippen molar-refractivity contribution in [3.63, 3.8) is 0 Å². The predicted molar refractivity (Wildman–Crippen MR) is 97.1 cm³/mol. The van der Waals surface area contributed by atoms with E-state index in [4.69, 9.17) is 4.52 Å². The van der Waals surface area contributed by atoms with Gasteiger partial charge in [-0.3, -0.25) is 14.6 Å². The fourth-order valence-electron chi connectivity index (χ4n) is 3.20. The Morgan fingerprint density at radius 2 is 2.26 bits per heavy atom. The molecule has 0 saturated carbocycles. The van der Waals surface area contributed by atoms with E-state index >= 15 is 0 Å². The molecule has 3 heterocycles. The standard InChI is InChI=1S/C19H25N5O3/c1-13(2)7-16-21-17(27-22-16)12-23(3)19(26)15-8-18(25)24(11-15)10-14-5-4-6-20-9-14/h4-6,9,13,15H,7-8,10-12H2,1-3H3/t15-/m0/s1. The van der Waals surface area contributed by atoms with Crippen LogP contribution in [0.25, 0.3) is 0 Å². The van der Waals surface area contributed by atoms with Crippen LogP contribution in [0.15, 0.2) is 29.0 Å². The second kappa shape index (κ2) is 8.28. The third-order valence-electron chi connectivity index (χ3n) is 4.51. The molecule has 1 atom stereocenters. The number of likely N-dealkylation sites (tertiary alicyclic amines) is 1. The van der Waals surface area contributed by atoms with Gasteiger partial charge in [-0.2, -0.15) is 4.98 Å². The minimum absolute atomic E-state index is 0.0115. The average Bonchev–Trinajstić information content (AvgIpc) is 3.21. The highest BCUT2D eigenvalue weighted by atomic mass is 16.5. The van der Waals surface area contributed by atoms with Crippen LogP contribution in [0.4, 0.5) is 0 Å². The fraction of sp³-hybridized carbons (Fsp3) is 0.526. The summed E-state index contributed by atoms with van der Waals surface area (Å²) < 4.78 is 5.23. The zero-order chi connectivity index (χ0) is 19.4. The minimum Gasteiger partial charge on any atom is -0.337 e.